The van der Waals surface area contributed by atoms with Gasteiger partial charge >= 0.3 is 0 Å². The molecule has 0 aliphatic heterocycles. The molecule has 0 spiro atoms. The Bertz CT molecular complexity index is 781. The highest BCUT2D eigenvalue weighted by atomic mass is 32.1. The first-order valence-corrected chi connectivity index (χ1v) is 8.98. The predicted molar refractivity (Wildman–Crippen MR) is 111 cm³/mol. The molecule has 0 unspecified atom stereocenters. The Hall–Kier alpha value is -2.67. The third kappa shape index (κ3) is 5.92. The van der Waals surface area contributed by atoms with Gasteiger partial charge in [-0.1, -0.05) is 6.07 Å². The molecule has 0 aliphatic carbocycles. The molecule has 146 valence electrons. The van der Waals surface area contributed by atoms with Crippen molar-refractivity contribution in [3.05, 3.63) is 42.0 Å². The van der Waals surface area contributed by atoms with Gasteiger partial charge < -0.3 is 29.6 Å². The summed E-state index contributed by atoms with van der Waals surface area (Å²) in [6.07, 6.45) is 0.0825. The van der Waals surface area contributed by atoms with Crippen molar-refractivity contribution in [1.82, 2.24) is 5.32 Å². The second-order valence-corrected chi connectivity index (χ2v) is 6.43. The third-order valence-electron chi connectivity index (χ3n) is 3.70. The molecule has 0 saturated heterocycles. The van der Waals surface area contributed by atoms with Crippen LogP contribution in [0, 0.1) is 0 Å². The van der Waals surface area contributed by atoms with E-state index >= 15 is 0 Å². The van der Waals surface area contributed by atoms with E-state index in [2.05, 4.69) is 10.6 Å². The van der Waals surface area contributed by atoms with Gasteiger partial charge in [0, 0.05) is 12.6 Å². The van der Waals surface area contributed by atoms with Crippen LogP contribution in [0.5, 0.6) is 23.0 Å². The summed E-state index contributed by atoms with van der Waals surface area (Å²) in [7, 11) is 4.84. The highest BCUT2D eigenvalue weighted by Crippen LogP contribution is 2.30. The van der Waals surface area contributed by atoms with Crippen molar-refractivity contribution >= 4 is 23.0 Å². The zero-order valence-electron chi connectivity index (χ0n) is 16.3. The SMILES string of the molecule is COc1ccc(NC(=S)NCc2ccc(OC(C)C)c(OC)c2)c(OC)c1. The summed E-state index contributed by atoms with van der Waals surface area (Å²) in [4.78, 5) is 0. The first kappa shape index (κ1) is 20.6. The number of rotatable bonds is 8. The maximum Gasteiger partial charge on any atom is 0.171 e. The normalized spacial score (nSPS) is 10.3. The van der Waals surface area contributed by atoms with Gasteiger partial charge in [-0.25, -0.2) is 0 Å². The molecule has 2 aromatic carbocycles. The fourth-order valence-electron chi connectivity index (χ4n) is 2.42. The Kier molecular flexibility index (Phi) is 7.55. The Morgan fingerprint density at radius 3 is 2.30 bits per heavy atom. The van der Waals surface area contributed by atoms with Gasteiger partial charge in [0.2, 0.25) is 0 Å². The average molecular weight is 391 g/mol. The van der Waals surface area contributed by atoms with Gasteiger partial charge in [0.25, 0.3) is 0 Å². The van der Waals surface area contributed by atoms with E-state index in [9.17, 15) is 0 Å². The van der Waals surface area contributed by atoms with E-state index in [-0.39, 0.29) is 6.10 Å². The van der Waals surface area contributed by atoms with Crippen LogP contribution in [0.25, 0.3) is 0 Å². The quantitative estimate of drug-likeness (QED) is 0.661. The molecule has 2 N–H and O–H groups in total. The molecule has 0 radical (unpaired) electrons. The summed E-state index contributed by atoms with van der Waals surface area (Å²) in [5.74, 6) is 2.78. The van der Waals surface area contributed by atoms with E-state index in [1.807, 2.05) is 44.2 Å². The van der Waals surface area contributed by atoms with Crippen LogP contribution in [0.4, 0.5) is 5.69 Å². The van der Waals surface area contributed by atoms with E-state index in [4.69, 9.17) is 31.2 Å². The van der Waals surface area contributed by atoms with Gasteiger partial charge in [0.1, 0.15) is 11.5 Å². The van der Waals surface area contributed by atoms with E-state index in [1.54, 1.807) is 27.4 Å². The molecule has 0 aliphatic rings. The van der Waals surface area contributed by atoms with E-state index in [0.717, 1.165) is 17.0 Å². The zero-order chi connectivity index (χ0) is 19.8. The maximum atomic E-state index is 5.73. The Morgan fingerprint density at radius 1 is 0.926 bits per heavy atom. The van der Waals surface area contributed by atoms with Crippen LogP contribution in [-0.2, 0) is 6.54 Å². The van der Waals surface area contributed by atoms with E-state index in [0.29, 0.717) is 28.9 Å². The van der Waals surface area contributed by atoms with Gasteiger partial charge in [0.05, 0.1) is 33.1 Å². The lowest BCUT2D eigenvalue weighted by molar-refractivity contribution is 0.230. The molecule has 0 atom stereocenters. The molecule has 0 aromatic heterocycles. The van der Waals surface area contributed by atoms with E-state index in [1.165, 1.54) is 0 Å². The number of benzene rings is 2. The molecular formula is C20H26N2O4S. The number of hydrogen-bond acceptors (Lipinski definition) is 5. The van der Waals surface area contributed by atoms with Crippen LogP contribution in [0.1, 0.15) is 19.4 Å². The van der Waals surface area contributed by atoms with Crippen LogP contribution in [0.2, 0.25) is 0 Å². The predicted octanol–water partition coefficient (Wildman–Crippen LogP) is 3.99. The van der Waals surface area contributed by atoms with Crippen molar-refractivity contribution in [2.75, 3.05) is 26.6 Å². The lowest BCUT2D eigenvalue weighted by atomic mass is 10.2. The minimum Gasteiger partial charge on any atom is -0.497 e. The number of nitrogens with one attached hydrogen (secondary N) is 2. The molecule has 2 aromatic rings. The molecule has 6 nitrogen and oxygen atoms in total. The van der Waals surface area contributed by atoms with Gasteiger partial charge in [-0.05, 0) is 55.9 Å². The number of thiocarbonyl (C=S) groups is 1. The summed E-state index contributed by atoms with van der Waals surface area (Å²) >= 11 is 5.38. The average Bonchev–Trinajstić information content (AvgIpc) is 2.67. The minimum atomic E-state index is 0.0825. The monoisotopic (exact) mass is 390 g/mol. The van der Waals surface area contributed by atoms with Gasteiger partial charge in [-0.15, -0.1) is 0 Å². The topological polar surface area (TPSA) is 61.0 Å². The van der Waals surface area contributed by atoms with Crippen LogP contribution in [-0.4, -0.2) is 32.5 Å². The van der Waals surface area contributed by atoms with Crippen molar-refractivity contribution < 1.29 is 18.9 Å². The van der Waals surface area contributed by atoms with E-state index < -0.39 is 0 Å². The van der Waals surface area contributed by atoms with Gasteiger partial charge in [0.15, 0.2) is 16.6 Å². The lowest BCUT2D eigenvalue weighted by Crippen LogP contribution is -2.28. The van der Waals surface area contributed by atoms with Crippen LogP contribution in [0.3, 0.4) is 0 Å². The summed E-state index contributed by atoms with van der Waals surface area (Å²) in [6, 6.07) is 11.3. The summed E-state index contributed by atoms with van der Waals surface area (Å²) in [5.41, 5.74) is 1.78. The molecule has 0 heterocycles. The fourth-order valence-corrected chi connectivity index (χ4v) is 2.61. The van der Waals surface area contributed by atoms with Crippen molar-refractivity contribution in [2.24, 2.45) is 0 Å². The van der Waals surface area contributed by atoms with Crippen molar-refractivity contribution in [1.29, 1.82) is 0 Å². The molecule has 0 saturated carbocycles. The lowest BCUT2D eigenvalue weighted by Gasteiger charge is -2.16. The van der Waals surface area contributed by atoms with Crippen molar-refractivity contribution in [3.8, 4) is 23.0 Å². The zero-order valence-corrected chi connectivity index (χ0v) is 17.1. The molecule has 0 amide bonds. The first-order chi connectivity index (χ1) is 13.0. The Morgan fingerprint density at radius 2 is 1.67 bits per heavy atom. The molecule has 0 bridgehead atoms. The summed E-state index contributed by atoms with van der Waals surface area (Å²) < 4.78 is 21.7. The fraction of sp³-hybridized carbons (Fsp3) is 0.350. The smallest absolute Gasteiger partial charge is 0.171 e. The van der Waals surface area contributed by atoms with Crippen LogP contribution in [0.15, 0.2) is 36.4 Å². The highest BCUT2D eigenvalue weighted by molar-refractivity contribution is 7.80. The van der Waals surface area contributed by atoms with Gasteiger partial charge in [-0.2, -0.15) is 0 Å². The largest absolute Gasteiger partial charge is 0.497 e. The molecule has 0 fully saturated rings. The van der Waals surface area contributed by atoms with Crippen LogP contribution < -0.4 is 29.6 Å². The van der Waals surface area contributed by atoms with Crippen LogP contribution >= 0.6 is 12.2 Å². The molecular weight excluding hydrogens is 364 g/mol. The maximum absolute atomic E-state index is 5.73. The van der Waals surface area contributed by atoms with Crippen molar-refractivity contribution in [2.45, 2.75) is 26.5 Å². The number of ether oxygens (including phenoxy) is 4. The summed E-state index contributed by atoms with van der Waals surface area (Å²) in [5, 5.41) is 6.80. The number of methoxy groups -OCH3 is 3. The van der Waals surface area contributed by atoms with Crippen molar-refractivity contribution in [3.63, 3.8) is 0 Å². The third-order valence-corrected chi connectivity index (χ3v) is 3.95. The Labute approximate surface area is 165 Å². The minimum absolute atomic E-state index is 0.0825. The molecule has 7 heteroatoms. The number of hydrogen-bond donors (Lipinski definition) is 2. The highest BCUT2D eigenvalue weighted by Gasteiger charge is 2.09. The second-order valence-electron chi connectivity index (χ2n) is 6.03. The summed E-state index contributed by atoms with van der Waals surface area (Å²) in [6.45, 7) is 4.50. The standard InChI is InChI=1S/C20H26N2O4S/c1-13(2)26-17-9-6-14(10-19(17)25-5)12-21-20(27)22-16-8-7-15(23-3)11-18(16)24-4/h6-11,13H,12H2,1-5H3,(H2,21,22,27). The number of anilines is 1. The Balaban J connectivity index is 1.99. The molecule has 27 heavy (non-hydrogen) atoms. The first-order valence-electron chi connectivity index (χ1n) is 8.57. The van der Waals surface area contributed by atoms with Gasteiger partial charge in [-0.3, -0.25) is 0 Å². The molecule has 2 rings (SSSR count). The second kappa shape index (κ2) is 9.87.